The summed E-state index contributed by atoms with van der Waals surface area (Å²) in [6.07, 6.45) is 3.93. The smallest absolute Gasteiger partial charge is 0.251 e. The van der Waals surface area contributed by atoms with E-state index in [-0.39, 0.29) is 5.91 Å². The maximum absolute atomic E-state index is 12.2. The fourth-order valence-corrected chi connectivity index (χ4v) is 3.58. The minimum atomic E-state index is -0.0349. The van der Waals surface area contributed by atoms with Gasteiger partial charge in [0.2, 0.25) is 5.95 Å². The van der Waals surface area contributed by atoms with Crippen molar-refractivity contribution in [2.45, 2.75) is 25.8 Å². The van der Waals surface area contributed by atoms with Crippen molar-refractivity contribution < 1.29 is 4.79 Å². The lowest BCUT2D eigenvalue weighted by atomic mass is 10.0. The first kappa shape index (κ1) is 19.0. The van der Waals surface area contributed by atoms with Crippen LogP contribution in [0.25, 0.3) is 27.9 Å². The number of benzene rings is 2. The van der Waals surface area contributed by atoms with E-state index in [0.29, 0.717) is 23.4 Å². The zero-order valence-corrected chi connectivity index (χ0v) is 17.4. The number of hydrogen-bond donors (Lipinski definition) is 3. The number of carbonyl (C=O) groups is 1. The van der Waals surface area contributed by atoms with Crippen molar-refractivity contribution in [3.05, 3.63) is 60.3 Å². The first-order valence-electron chi connectivity index (χ1n) is 10.2. The second kappa shape index (κ2) is 7.39. The molecule has 0 spiro atoms. The Labute approximate surface area is 179 Å². The summed E-state index contributed by atoms with van der Waals surface area (Å²) in [7, 11) is 1.84. The molecule has 2 aromatic heterocycles. The standard InChI is InChI=1S/C23H23N7O/c1-13(2)20-17-12-24-28-18(17)10-11-19(20)26-23-27-21(29-30(23)3)14-4-6-15(7-5-14)22(31)25-16-8-9-16/h4-7,10-12,16H,1,8-9H2,2-3H3,(H,24,28)(H,25,31)(H,26,27,29). The van der Waals surface area contributed by atoms with Crippen LogP contribution in [-0.2, 0) is 7.05 Å². The third-order valence-electron chi connectivity index (χ3n) is 5.38. The third kappa shape index (κ3) is 3.68. The van der Waals surface area contributed by atoms with Gasteiger partial charge in [0.15, 0.2) is 5.82 Å². The molecule has 1 aliphatic carbocycles. The number of nitrogens with one attached hydrogen (secondary N) is 3. The zero-order chi connectivity index (χ0) is 21.5. The van der Waals surface area contributed by atoms with E-state index in [0.717, 1.165) is 46.1 Å². The van der Waals surface area contributed by atoms with Crippen LogP contribution in [0.2, 0.25) is 0 Å². The summed E-state index contributed by atoms with van der Waals surface area (Å²) in [6, 6.07) is 11.6. The van der Waals surface area contributed by atoms with E-state index in [1.165, 1.54) is 0 Å². The SMILES string of the molecule is C=C(C)c1c(Nc2nc(-c3ccc(C(=O)NC4CC4)cc3)nn2C)ccc2[nH]ncc12. The largest absolute Gasteiger partial charge is 0.349 e. The summed E-state index contributed by atoms with van der Waals surface area (Å²) in [4.78, 5) is 16.9. The quantitative estimate of drug-likeness (QED) is 0.443. The van der Waals surface area contributed by atoms with E-state index in [1.54, 1.807) is 10.9 Å². The van der Waals surface area contributed by atoms with Crippen molar-refractivity contribution in [3.63, 3.8) is 0 Å². The van der Waals surface area contributed by atoms with Gasteiger partial charge in [-0.1, -0.05) is 18.7 Å². The van der Waals surface area contributed by atoms with Gasteiger partial charge in [0.05, 0.1) is 11.7 Å². The third-order valence-corrected chi connectivity index (χ3v) is 5.38. The minimum absolute atomic E-state index is 0.0349. The highest BCUT2D eigenvalue weighted by Crippen LogP contribution is 2.32. The zero-order valence-electron chi connectivity index (χ0n) is 17.4. The number of allylic oxidation sites excluding steroid dienone is 1. The summed E-state index contributed by atoms with van der Waals surface area (Å²) in [5.41, 5.74) is 5.24. The predicted octanol–water partition coefficient (Wildman–Crippen LogP) is 4.03. The maximum Gasteiger partial charge on any atom is 0.251 e. The van der Waals surface area contributed by atoms with Crippen LogP contribution in [0.3, 0.4) is 0 Å². The molecule has 8 heteroatoms. The van der Waals surface area contributed by atoms with Crippen LogP contribution in [0.15, 0.2) is 49.2 Å². The molecule has 1 saturated carbocycles. The van der Waals surface area contributed by atoms with Crippen molar-refractivity contribution in [2.24, 2.45) is 7.05 Å². The molecule has 1 aliphatic rings. The Morgan fingerprint density at radius 2 is 1.97 bits per heavy atom. The molecule has 0 saturated heterocycles. The molecular weight excluding hydrogens is 390 g/mol. The van der Waals surface area contributed by atoms with Crippen LogP contribution in [0.4, 0.5) is 11.6 Å². The Balaban J connectivity index is 1.41. The predicted molar refractivity (Wildman–Crippen MR) is 121 cm³/mol. The number of hydrogen-bond acceptors (Lipinski definition) is 5. The molecule has 0 atom stereocenters. The normalized spacial score (nSPS) is 13.4. The highest BCUT2D eigenvalue weighted by atomic mass is 16.1. The maximum atomic E-state index is 12.2. The summed E-state index contributed by atoms with van der Waals surface area (Å²) in [6.45, 7) is 6.09. The molecule has 4 aromatic rings. The fourth-order valence-electron chi connectivity index (χ4n) is 3.58. The number of H-pyrrole nitrogens is 1. The molecule has 0 aliphatic heterocycles. The minimum Gasteiger partial charge on any atom is -0.349 e. The highest BCUT2D eigenvalue weighted by Gasteiger charge is 2.23. The number of rotatable bonds is 6. The van der Waals surface area contributed by atoms with E-state index < -0.39 is 0 Å². The van der Waals surface area contributed by atoms with Crippen LogP contribution in [0.5, 0.6) is 0 Å². The molecule has 1 amide bonds. The molecule has 5 rings (SSSR count). The summed E-state index contributed by atoms with van der Waals surface area (Å²) < 4.78 is 1.70. The van der Waals surface area contributed by atoms with Crippen LogP contribution in [0.1, 0.15) is 35.7 Å². The van der Waals surface area contributed by atoms with Crippen molar-refractivity contribution in [1.82, 2.24) is 30.3 Å². The number of aryl methyl sites for hydroxylation is 1. The van der Waals surface area contributed by atoms with Gasteiger partial charge in [-0.2, -0.15) is 10.1 Å². The number of aromatic amines is 1. The van der Waals surface area contributed by atoms with Gasteiger partial charge in [-0.3, -0.25) is 9.89 Å². The van der Waals surface area contributed by atoms with Crippen LogP contribution in [0, 0.1) is 0 Å². The van der Waals surface area contributed by atoms with Gasteiger partial charge < -0.3 is 10.6 Å². The number of nitrogens with zero attached hydrogens (tertiary/aromatic N) is 4. The molecule has 31 heavy (non-hydrogen) atoms. The monoisotopic (exact) mass is 413 g/mol. The number of aromatic nitrogens is 5. The lowest BCUT2D eigenvalue weighted by Crippen LogP contribution is -2.25. The average Bonchev–Trinajstić information content (AvgIpc) is 3.31. The Morgan fingerprint density at radius 3 is 2.68 bits per heavy atom. The van der Waals surface area contributed by atoms with Gasteiger partial charge in [-0.15, -0.1) is 5.10 Å². The molecule has 3 N–H and O–H groups in total. The first-order chi connectivity index (χ1) is 15.0. The molecule has 0 unspecified atom stereocenters. The molecule has 1 fully saturated rings. The first-order valence-corrected chi connectivity index (χ1v) is 10.2. The van der Waals surface area contributed by atoms with Crippen LogP contribution < -0.4 is 10.6 Å². The van der Waals surface area contributed by atoms with E-state index in [9.17, 15) is 4.79 Å². The van der Waals surface area contributed by atoms with Crippen molar-refractivity contribution in [2.75, 3.05) is 5.32 Å². The van der Waals surface area contributed by atoms with Gasteiger partial charge in [-0.05, 0) is 49.6 Å². The Hall–Kier alpha value is -3.94. The van der Waals surface area contributed by atoms with Gasteiger partial charge >= 0.3 is 0 Å². The van der Waals surface area contributed by atoms with Gasteiger partial charge in [0, 0.05) is 40.9 Å². The number of carbonyl (C=O) groups excluding carboxylic acids is 1. The molecule has 0 bridgehead atoms. The van der Waals surface area contributed by atoms with Crippen molar-refractivity contribution >= 4 is 34.0 Å². The number of anilines is 2. The van der Waals surface area contributed by atoms with E-state index >= 15 is 0 Å². The van der Waals surface area contributed by atoms with E-state index in [1.807, 2.05) is 50.4 Å². The fraction of sp³-hybridized carbons (Fsp3) is 0.217. The van der Waals surface area contributed by atoms with E-state index in [2.05, 4.69) is 37.5 Å². The Kier molecular flexibility index (Phi) is 4.54. The summed E-state index contributed by atoms with van der Waals surface area (Å²) in [5.74, 6) is 1.16. The Morgan fingerprint density at radius 1 is 1.19 bits per heavy atom. The lowest BCUT2D eigenvalue weighted by molar-refractivity contribution is 0.0951. The molecule has 2 aromatic carbocycles. The van der Waals surface area contributed by atoms with Crippen molar-refractivity contribution in [3.8, 4) is 11.4 Å². The molecule has 156 valence electrons. The molecular formula is C23H23N7O. The van der Waals surface area contributed by atoms with Gasteiger partial charge in [0.1, 0.15) is 0 Å². The molecule has 0 radical (unpaired) electrons. The van der Waals surface area contributed by atoms with Crippen LogP contribution >= 0.6 is 0 Å². The van der Waals surface area contributed by atoms with Crippen LogP contribution in [-0.4, -0.2) is 36.9 Å². The van der Waals surface area contributed by atoms with Crippen molar-refractivity contribution in [1.29, 1.82) is 0 Å². The topological polar surface area (TPSA) is 101 Å². The highest BCUT2D eigenvalue weighted by molar-refractivity contribution is 5.97. The lowest BCUT2D eigenvalue weighted by Gasteiger charge is -2.12. The second-order valence-corrected chi connectivity index (χ2v) is 7.93. The average molecular weight is 413 g/mol. The van der Waals surface area contributed by atoms with Gasteiger partial charge in [0.25, 0.3) is 5.91 Å². The number of fused-ring (bicyclic) bond motifs is 1. The molecule has 8 nitrogen and oxygen atoms in total. The Bertz CT molecular complexity index is 1300. The number of amides is 1. The second-order valence-electron chi connectivity index (χ2n) is 7.93. The van der Waals surface area contributed by atoms with E-state index in [4.69, 9.17) is 0 Å². The van der Waals surface area contributed by atoms with Gasteiger partial charge in [-0.25, -0.2) is 4.68 Å². The summed E-state index contributed by atoms with van der Waals surface area (Å²) >= 11 is 0. The summed E-state index contributed by atoms with van der Waals surface area (Å²) in [5, 5.41) is 19.0. The molecule has 2 heterocycles.